The second-order valence-electron chi connectivity index (χ2n) is 3.95. The third kappa shape index (κ3) is 2.37. The zero-order valence-electron chi connectivity index (χ0n) is 9.76. The van der Waals surface area contributed by atoms with E-state index in [1.54, 1.807) is 0 Å². The van der Waals surface area contributed by atoms with Crippen LogP contribution in [0.5, 0.6) is 11.6 Å². The molecule has 0 aliphatic carbocycles. The Balaban J connectivity index is 2.06. The second-order valence-corrected chi connectivity index (χ2v) is 4.74. The van der Waals surface area contributed by atoms with Crippen LogP contribution in [0.3, 0.4) is 0 Å². The Morgan fingerprint density at radius 2 is 2.00 bits per heavy atom. The number of aromatic amines is 1. The highest BCUT2D eigenvalue weighted by molar-refractivity contribution is 9.10. The SMILES string of the molecule is O=c1cc(Oc2ccc3ccccc3c2Br)nc[nH]1. The van der Waals surface area contributed by atoms with Gasteiger partial charge in [-0.15, -0.1) is 0 Å². The summed E-state index contributed by atoms with van der Waals surface area (Å²) >= 11 is 3.52. The summed E-state index contributed by atoms with van der Waals surface area (Å²) in [4.78, 5) is 17.6. The summed E-state index contributed by atoms with van der Waals surface area (Å²) < 4.78 is 6.46. The molecule has 0 fully saturated rings. The number of hydrogen-bond acceptors (Lipinski definition) is 3. The smallest absolute Gasteiger partial charge is 0.254 e. The van der Waals surface area contributed by atoms with Crippen molar-refractivity contribution in [1.82, 2.24) is 9.97 Å². The summed E-state index contributed by atoms with van der Waals surface area (Å²) in [5, 5.41) is 2.16. The lowest BCUT2D eigenvalue weighted by atomic mass is 10.1. The molecule has 2 aromatic carbocycles. The highest BCUT2D eigenvalue weighted by Crippen LogP contribution is 2.34. The van der Waals surface area contributed by atoms with Gasteiger partial charge in [0.2, 0.25) is 5.88 Å². The van der Waals surface area contributed by atoms with Crippen LogP contribution >= 0.6 is 15.9 Å². The van der Waals surface area contributed by atoms with Crippen molar-refractivity contribution in [2.75, 3.05) is 0 Å². The number of nitrogens with one attached hydrogen (secondary N) is 1. The van der Waals surface area contributed by atoms with Crippen LogP contribution in [0.15, 0.2) is 58.1 Å². The van der Waals surface area contributed by atoms with Gasteiger partial charge in [0.1, 0.15) is 5.75 Å². The number of ether oxygens (including phenoxy) is 1. The molecule has 4 nitrogen and oxygen atoms in total. The normalized spacial score (nSPS) is 10.6. The van der Waals surface area contributed by atoms with E-state index in [1.807, 2.05) is 36.4 Å². The number of hydrogen-bond donors (Lipinski definition) is 1. The van der Waals surface area contributed by atoms with E-state index >= 15 is 0 Å². The largest absolute Gasteiger partial charge is 0.438 e. The highest BCUT2D eigenvalue weighted by Gasteiger charge is 2.07. The molecule has 1 heterocycles. The molecule has 0 amide bonds. The second kappa shape index (κ2) is 4.85. The first-order chi connectivity index (χ1) is 9.24. The minimum absolute atomic E-state index is 0.248. The molecule has 0 saturated heterocycles. The number of fused-ring (bicyclic) bond motifs is 1. The van der Waals surface area contributed by atoms with Gasteiger partial charge in [-0.1, -0.05) is 30.3 Å². The number of halogens is 1. The van der Waals surface area contributed by atoms with Gasteiger partial charge in [0, 0.05) is 0 Å². The fourth-order valence-electron chi connectivity index (χ4n) is 1.81. The maximum absolute atomic E-state index is 11.2. The van der Waals surface area contributed by atoms with E-state index in [1.165, 1.54) is 12.4 Å². The van der Waals surface area contributed by atoms with E-state index in [-0.39, 0.29) is 11.4 Å². The number of H-pyrrole nitrogens is 1. The Labute approximate surface area is 117 Å². The number of rotatable bonds is 2. The predicted molar refractivity (Wildman–Crippen MR) is 76.6 cm³/mol. The van der Waals surface area contributed by atoms with Gasteiger partial charge in [0.05, 0.1) is 16.9 Å². The van der Waals surface area contributed by atoms with Crippen LogP contribution in [0.4, 0.5) is 0 Å². The average Bonchev–Trinajstić information content (AvgIpc) is 2.42. The molecule has 5 heteroatoms. The van der Waals surface area contributed by atoms with E-state index in [0.717, 1.165) is 15.2 Å². The van der Waals surface area contributed by atoms with Crippen molar-refractivity contribution in [3.8, 4) is 11.6 Å². The minimum Gasteiger partial charge on any atom is -0.438 e. The standard InChI is InChI=1S/C14H9BrN2O2/c15-14-10-4-2-1-3-9(10)5-6-11(14)19-13-7-12(18)16-8-17-13/h1-8H,(H,16,17,18). The Bertz CT molecular complexity index is 799. The average molecular weight is 317 g/mol. The summed E-state index contributed by atoms with van der Waals surface area (Å²) in [6, 6.07) is 13.1. The maximum atomic E-state index is 11.2. The summed E-state index contributed by atoms with van der Waals surface area (Å²) in [7, 11) is 0. The number of benzene rings is 2. The van der Waals surface area contributed by atoms with Gasteiger partial charge in [-0.3, -0.25) is 4.79 Å². The molecule has 3 rings (SSSR count). The van der Waals surface area contributed by atoms with E-state index < -0.39 is 0 Å². The van der Waals surface area contributed by atoms with Gasteiger partial charge >= 0.3 is 0 Å². The Morgan fingerprint density at radius 1 is 1.16 bits per heavy atom. The Hall–Kier alpha value is -2.14. The fourth-order valence-corrected chi connectivity index (χ4v) is 2.39. The summed E-state index contributed by atoms with van der Waals surface area (Å²) in [6.07, 6.45) is 1.31. The van der Waals surface area contributed by atoms with Gasteiger partial charge in [-0.2, -0.15) is 0 Å². The monoisotopic (exact) mass is 316 g/mol. The van der Waals surface area contributed by atoms with Gasteiger partial charge in [-0.25, -0.2) is 4.98 Å². The van der Waals surface area contributed by atoms with E-state index in [2.05, 4.69) is 25.9 Å². The third-order valence-electron chi connectivity index (χ3n) is 2.70. The molecule has 0 aliphatic heterocycles. The zero-order valence-corrected chi connectivity index (χ0v) is 11.3. The number of aromatic nitrogens is 2. The molecule has 1 aromatic heterocycles. The molecule has 3 aromatic rings. The quantitative estimate of drug-likeness (QED) is 0.787. The van der Waals surface area contributed by atoms with Crippen molar-refractivity contribution in [2.24, 2.45) is 0 Å². The molecule has 0 bridgehead atoms. The molecule has 19 heavy (non-hydrogen) atoms. The van der Waals surface area contributed by atoms with E-state index in [0.29, 0.717) is 5.75 Å². The van der Waals surface area contributed by atoms with Crippen LogP contribution in [0.1, 0.15) is 0 Å². The van der Waals surface area contributed by atoms with E-state index in [4.69, 9.17) is 4.74 Å². The molecule has 0 unspecified atom stereocenters. The minimum atomic E-state index is -0.248. The van der Waals surface area contributed by atoms with Gasteiger partial charge in [0.15, 0.2) is 0 Å². The highest BCUT2D eigenvalue weighted by atomic mass is 79.9. The van der Waals surface area contributed by atoms with Gasteiger partial charge in [-0.05, 0) is 32.8 Å². The zero-order chi connectivity index (χ0) is 13.2. The van der Waals surface area contributed by atoms with Crippen LogP contribution in [0.25, 0.3) is 10.8 Å². The lowest BCUT2D eigenvalue weighted by Crippen LogP contribution is -2.04. The molecule has 0 saturated carbocycles. The molecule has 0 radical (unpaired) electrons. The topological polar surface area (TPSA) is 55.0 Å². The van der Waals surface area contributed by atoms with Gasteiger partial charge in [0.25, 0.3) is 5.56 Å². The van der Waals surface area contributed by atoms with Crippen LogP contribution in [0, 0.1) is 0 Å². The van der Waals surface area contributed by atoms with Crippen molar-refractivity contribution < 1.29 is 4.74 Å². The summed E-state index contributed by atoms with van der Waals surface area (Å²) in [6.45, 7) is 0. The molecule has 0 aliphatic rings. The van der Waals surface area contributed by atoms with Crippen LogP contribution in [0.2, 0.25) is 0 Å². The number of nitrogens with zero attached hydrogens (tertiary/aromatic N) is 1. The molecule has 1 N–H and O–H groups in total. The predicted octanol–water partition coefficient (Wildman–Crippen LogP) is 3.48. The third-order valence-corrected chi connectivity index (χ3v) is 3.51. The summed E-state index contributed by atoms with van der Waals surface area (Å²) in [5.41, 5.74) is -0.248. The lowest BCUT2D eigenvalue weighted by molar-refractivity contribution is 0.458. The van der Waals surface area contributed by atoms with Crippen molar-refractivity contribution in [2.45, 2.75) is 0 Å². The first-order valence-corrected chi connectivity index (χ1v) is 6.43. The Kier molecular flexibility index (Phi) is 3.05. The van der Waals surface area contributed by atoms with E-state index in [9.17, 15) is 4.79 Å². The van der Waals surface area contributed by atoms with Gasteiger partial charge < -0.3 is 9.72 Å². The van der Waals surface area contributed by atoms with Crippen LogP contribution in [-0.4, -0.2) is 9.97 Å². The summed E-state index contributed by atoms with van der Waals surface area (Å²) in [5.74, 6) is 0.886. The van der Waals surface area contributed by atoms with Crippen molar-refractivity contribution in [3.63, 3.8) is 0 Å². The van der Waals surface area contributed by atoms with Crippen molar-refractivity contribution in [1.29, 1.82) is 0 Å². The fraction of sp³-hybridized carbons (Fsp3) is 0. The molecular formula is C14H9BrN2O2. The molecule has 0 atom stereocenters. The first kappa shape index (κ1) is 11.9. The Morgan fingerprint density at radius 3 is 2.84 bits per heavy atom. The molecule has 0 spiro atoms. The van der Waals surface area contributed by atoms with Crippen molar-refractivity contribution in [3.05, 3.63) is 63.6 Å². The van der Waals surface area contributed by atoms with Crippen LogP contribution < -0.4 is 10.3 Å². The van der Waals surface area contributed by atoms with Crippen molar-refractivity contribution >= 4 is 26.7 Å². The van der Waals surface area contributed by atoms with Crippen LogP contribution in [-0.2, 0) is 0 Å². The molecule has 94 valence electrons. The lowest BCUT2D eigenvalue weighted by Gasteiger charge is -2.08. The molecular weight excluding hydrogens is 308 g/mol. The maximum Gasteiger partial charge on any atom is 0.254 e. The first-order valence-electron chi connectivity index (χ1n) is 5.64.